The van der Waals surface area contributed by atoms with E-state index in [1.165, 1.54) is 0 Å². The zero-order valence-electron chi connectivity index (χ0n) is 29.4. The standard InChI is InChI=1S/C41H32Cl2N8O4/c1-22(44-40(54)36-30-9-5-3-7-26(30)19-34(42)48-36)38(52)46-28-15-11-24(12-16-28)32-21-33(51-50-32)25-13-17-29(18-14-25)47-39(53)23(2)45-41(55)37-31-10-6-4-8-27(31)20-35(43)49-37/h3-23H,1-2H3,(H,44,54)(H,45,55)(H,46,52)(H,47,53)(H,50,51)/t22-,23-/m0/s1. The average Bonchev–Trinajstić information content (AvgIpc) is 3.68. The Bertz CT molecular complexity index is 2420. The monoisotopic (exact) mass is 770 g/mol. The Morgan fingerprint density at radius 1 is 0.582 bits per heavy atom. The van der Waals surface area contributed by atoms with Crippen molar-refractivity contribution in [2.24, 2.45) is 0 Å². The molecule has 7 aromatic rings. The summed E-state index contributed by atoms with van der Waals surface area (Å²) in [6.07, 6.45) is 0. The molecule has 14 heteroatoms. The molecule has 12 nitrogen and oxygen atoms in total. The fourth-order valence-corrected chi connectivity index (χ4v) is 6.32. The molecule has 3 aromatic heterocycles. The first-order chi connectivity index (χ1) is 26.5. The van der Waals surface area contributed by atoms with Gasteiger partial charge in [-0.15, -0.1) is 0 Å². The van der Waals surface area contributed by atoms with Crippen molar-refractivity contribution in [1.82, 2.24) is 30.8 Å². The topological polar surface area (TPSA) is 171 Å². The maximum absolute atomic E-state index is 13.0. The zero-order valence-corrected chi connectivity index (χ0v) is 30.9. The van der Waals surface area contributed by atoms with E-state index in [9.17, 15) is 19.2 Å². The molecule has 5 N–H and O–H groups in total. The van der Waals surface area contributed by atoms with Crippen LogP contribution in [-0.4, -0.2) is 55.9 Å². The Balaban J connectivity index is 0.928. The van der Waals surface area contributed by atoms with E-state index in [-0.39, 0.29) is 21.7 Å². The van der Waals surface area contributed by atoms with Gasteiger partial charge in [0.05, 0.1) is 11.4 Å². The van der Waals surface area contributed by atoms with Crippen molar-refractivity contribution in [3.05, 3.63) is 137 Å². The smallest absolute Gasteiger partial charge is 0.271 e. The van der Waals surface area contributed by atoms with Crippen LogP contribution in [0.25, 0.3) is 44.1 Å². The Labute approximate surface area is 324 Å². The number of amides is 4. The molecule has 0 aliphatic heterocycles. The highest BCUT2D eigenvalue weighted by Crippen LogP contribution is 2.27. The minimum atomic E-state index is -0.858. The van der Waals surface area contributed by atoms with Gasteiger partial charge in [-0.25, -0.2) is 9.97 Å². The first kappa shape index (κ1) is 36.7. The molecule has 0 bridgehead atoms. The second-order valence-corrected chi connectivity index (χ2v) is 13.5. The van der Waals surface area contributed by atoms with Crippen LogP contribution in [0.15, 0.2) is 115 Å². The number of pyridine rings is 2. The summed E-state index contributed by atoms with van der Waals surface area (Å²) >= 11 is 12.3. The van der Waals surface area contributed by atoms with E-state index < -0.39 is 35.7 Å². The number of fused-ring (bicyclic) bond motifs is 2. The Morgan fingerprint density at radius 2 is 1.02 bits per heavy atom. The van der Waals surface area contributed by atoms with Crippen molar-refractivity contribution in [1.29, 1.82) is 0 Å². The lowest BCUT2D eigenvalue weighted by Gasteiger charge is -2.15. The number of benzene rings is 4. The Hall–Kier alpha value is -6.63. The maximum atomic E-state index is 13.0. The first-order valence-electron chi connectivity index (χ1n) is 17.1. The Morgan fingerprint density at radius 3 is 1.49 bits per heavy atom. The van der Waals surface area contributed by atoms with E-state index >= 15 is 0 Å². The molecule has 274 valence electrons. The lowest BCUT2D eigenvalue weighted by Crippen LogP contribution is -2.42. The van der Waals surface area contributed by atoms with E-state index in [4.69, 9.17) is 23.2 Å². The fourth-order valence-electron chi connectivity index (χ4n) is 5.92. The van der Waals surface area contributed by atoms with Crippen LogP contribution < -0.4 is 21.3 Å². The second kappa shape index (κ2) is 15.8. The summed E-state index contributed by atoms with van der Waals surface area (Å²) in [7, 11) is 0. The number of aromatic amines is 1. The number of nitrogens with one attached hydrogen (secondary N) is 5. The highest BCUT2D eigenvalue weighted by Gasteiger charge is 2.22. The summed E-state index contributed by atoms with van der Waals surface area (Å²) in [5, 5.41) is 21.7. The van der Waals surface area contributed by atoms with Gasteiger partial charge in [0.25, 0.3) is 11.8 Å². The van der Waals surface area contributed by atoms with Gasteiger partial charge in [0.15, 0.2) is 0 Å². The fraction of sp³-hybridized carbons (Fsp3) is 0.0976. The SMILES string of the molecule is C[C@H](NC(=O)c1nc(Cl)cc2ccccc12)C(=O)Nc1ccc(-c2cc(-c3ccc(NC(=O)[C@H](C)NC(=O)c4nc(Cl)cc5ccccc45)cc3)[nH]n2)cc1. The summed E-state index contributed by atoms with van der Waals surface area (Å²) < 4.78 is 0. The van der Waals surface area contributed by atoms with E-state index in [1.807, 2.05) is 54.6 Å². The third-order valence-electron chi connectivity index (χ3n) is 8.82. The van der Waals surface area contributed by atoms with Gasteiger partial charge in [0.1, 0.15) is 33.8 Å². The number of H-pyrrole nitrogens is 1. The van der Waals surface area contributed by atoms with Gasteiger partial charge in [-0.2, -0.15) is 5.10 Å². The number of carbonyl (C=O) groups excluding carboxylic acids is 4. The minimum Gasteiger partial charge on any atom is -0.339 e. The van der Waals surface area contributed by atoms with Gasteiger partial charge in [0.2, 0.25) is 11.8 Å². The molecule has 0 saturated carbocycles. The molecule has 7 rings (SSSR count). The number of halogens is 2. The molecule has 0 fully saturated rings. The minimum absolute atomic E-state index is 0.142. The van der Waals surface area contributed by atoms with E-state index in [0.717, 1.165) is 27.6 Å². The van der Waals surface area contributed by atoms with Gasteiger partial charge in [-0.3, -0.25) is 24.3 Å². The van der Waals surface area contributed by atoms with Crippen LogP contribution in [0.1, 0.15) is 34.8 Å². The highest BCUT2D eigenvalue weighted by atomic mass is 35.5. The van der Waals surface area contributed by atoms with Crippen molar-refractivity contribution < 1.29 is 19.2 Å². The van der Waals surface area contributed by atoms with Crippen LogP contribution >= 0.6 is 23.2 Å². The van der Waals surface area contributed by atoms with Crippen LogP contribution in [0.3, 0.4) is 0 Å². The number of rotatable bonds is 10. The number of aromatic nitrogens is 4. The second-order valence-electron chi connectivity index (χ2n) is 12.7. The highest BCUT2D eigenvalue weighted by molar-refractivity contribution is 6.31. The number of carbonyl (C=O) groups is 4. The van der Waals surface area contributed by atoms with E-state index in [2.05, 4.69) is 41.4 Å². The molecule has 3 heterocycles. The van der Waals surface area contributed by atoms with E-state index in [1.54, 1.807) is 74.5 Å². The summed E-state index contributed by atoms with van der Waals surface area (Å²) in [5.41, 5.74) is 4.43. The molecule has 0 aliphatic rings. The summed E-state index contributed by atoms with van der Waals surface area (Å²) in [6.45, 7) is 3.17. The van der Waals surface area contributed by atoms with Crippen molar-refractivity contribution in [2.45, 2.75) is 25.9 Å². The molecule has 0 saturated heterocycles. The number of hydrogen-bond donors (Lipinski definition) is 5. The lowest BCUT2D eigenvalue weighted by molar-refractivity contribution is -0.118. The lowest BCUT2D eigenvalue weighted by atomic mass is 10.1. The van der Waals surface area contributed by atoms with Crippen molar-refractivity contribution in [2.75, 3.05) is 10.6 Å². The van der Waals surface area contributed by atoms with Gasteiger partial charge in [0, 0.05) is 27.7 Å². The molecular formula is C41H32Cl2N8O4. The van der Waals surface area contributed by atoms with Crippen molar-refractivity contribution in [3.63, 3.8) is 0 Å². The van der Waals surface area contributed by atoms with Gasteiger partial charge in [-0.1, -0.05) is 96.0 Å². The van der Waals surface area contributed by atoms with Gasteiger partial charge >= 0.3 is 0 Å². The third-order valence-corrected chi connectivity index (χ3v) is 9.21. The van der Waals surface area contributed by atoms with Gasteiger partial charge in [-0.05, 0) is 72.6 Å². The predicted molar refractivity (Wildman–Crippen MR) is 214 cm³/mol. The van der Waals surface area contributed by atoms with Crippen LogP contribution in [0.5, 0.6) is 0 Å². The molecule has 0 spiro atoms. The van der Waals surface area contributed by atoms with Crippen LogP contribution in [-0.2, 0) is 9.59 Å². The summed E-state index contributed by atoms with van der Waals surface area (Å²) in [6, 6.07) is 32.3. The van der Waals surface area contributed by atoms with Crippen LogP contribution in [0, 0.1) is 0 Å². The molecule has 4 aromatic carbocycles. The molecular weight excluding hydrogens is 739 g/mol. The molecule has 0 radical (unpaired) electrons. The number of hydrogen-bond acceptors (Lipinski definition) is 7. The van der Waals surface area contributed by atoms with Gasteiger partial charge < -0.3 is 21.3 Å². The normalized spacial score (nSPS) is 12.1. The molecule has 55 heavy (non-hydrogen) atoms. The molecule has 2 atom stereocenters. The predicted octanol–water partition coefficient (Wildman–Crippen LogP) is 7.66. The number of nitrogens with zero attached hydrogens (tertiary/aromatic N) is 3. The quantitative estimate of drug-likeness (QED) is 0.0889. The molecule has 0 unspecified atom stereocenters. The first-order valence-corrected chi connectivity index (χ1v) is 17.9. The van der Waals surface area contributed by atoms with E-state index in [0.29, 0.717) is 27.8 Å². The zero-order chi connectivity index (χ0) is 38.6. The largest absolute Gasteiger partial charge is 0.339 e. The molecule has 0 aliphatic carbocycles. The average molecular weight is 772 g/mol. The summed E-state index contributed by atoms with van der Waals surface area (Å²) in [5.74, 6) is -1.83. The third kappa shape index (κ3) is 8.30. The maximum Gasteiger partial charge on any atom is 0.271 e. The summed E-state index contributed by atoms with van der Waals surface area (Å²) in [4.78, 5) is 60.3. The Kier molecular flexibility index (Phi) is 10.5. The van der Waals surface area contributed by atoms with Crippen molar-refractivity contribution >= 4 is 79.8 Å². The number of anilines is 2. The molecule has 4 amide bonds. The van der Waals surface area contributed by atoms with Crippen LogP contribution in [0.2, 0.25) is 10.3 Å². The van der Waals surface area contributed by atoms with Crippen LogP contribution in [0.4, 0.5) is 11.4 Å². The van der Waals surface area contributed by atoms with Crippen molar-refractivity contribution in [3.8, 4) is 22.5 Å².